The van der Waals surface area contributed by atoms with E-state index in [4.69, 9.17) is 0 Å². The maximum Gasteiger partial charge on any atom is 0.125 e. The summed E-state index contributed by atoms with van der Waals surface area (Å²) in [5.74, 6) is -1.04. The molecule has 0 fully saturated rings. The average Bonchev–Trinajstić information content (AvgIpc) is 2.14. The first-order chi connectivity index (χ1) is 7.97. The average molecular weight is 240 g/mol. The Balaban J connectivity index is 2.54. The summed E-state index contributed by atoms with van der Waals surface area (Å²) < 4.78 is 38.3. The number of rotatable bonds is 4. The molecule has 0 heterocycles. The SMILES string of the molecule is C=C(F)/C=C(C)\C=C/CC1=CC(F)=C[C@H](F)C1. The van der Waals surface area contributed by atoms with E-state index in [9.17, 15) is 13.2 Å². The number of alkyl halides is 1. The maximum absolute atomic E-state index is 13.0. The van der Waals surface area contributed by atoms with Crippen molar-refractivity contribution in [3.63, 3.8) is 0 Å². The van der Waals surface area contributed by atoms with Crippen molar-refractivity contribution in [1.29, 1.82) is 0 Å². The van der Waals surface area contributed by atoms with Gasteiger partial charge in [-0.2, -0.15) is 0 Å². The molecule has 1 aliphatic carbocycles. The lowest BCUT2D eigenvalue weighted by molar-refractivity contribution is 0.384. The molecule has 3 heteroatoms. The van der Waals surface area contributed by atoms with E-state index in [1.54, 1.807) is 19.1 Å². The summed E-state index contributed by atoms with van der Waals surface area (Å²) >= 11 is 0. The molecule has 0 spiro atoms. The topological polar surface area (TPSA) is 0 Å². The molecule has 1 aliphatic rings. The molecule has 0 unspecified atom stereocenters. The third kappa shape index (κ3) is 5.38. The Hall–Kier alpha value is -1.51. The Labute approximate surface area is 99.5 Å². The van der Waals surface area contributed by atoms with Gasteiger partial charge < -0.3 is 0 Å². The Bertz CT molecular complexity index is 411. The van der Waals surface area contributed by atoms with Gasteiger partial charge in [0.1, 0.15) is 17.8 Å². The van der Waals surface area contributed by atoms with E-state index in [2.05, 4.69) is 6.58 Å². The lowest BCUT2D eigenvalue weighted by Crippen LogP contribution is -2.03. The van der Waals surface area contributed by atoms with E-state index in [1.165, 1.54) is 12.2 Å². The Morgan fingerprint density at radius 1 is 1.59 bits per heavy atom. The number of allylic oxidation sites excluding steroid dienone is 9. The predicted molar refractivity (Wildman–Crippen MR) is 64.5 cm³/mol. The smallest absolute Gasteiger partial charge is 0.125 e. The first-order valence-electron chi connectivity index (χ1n) is 5.37. The largest absolute Gasteiger partial charge is 0.242 e. The lowest BCUT2D eigenvalue weighted by atomic mass is 9.99. The number of halogens is 3. The minimum atomic E-state index is -1.24. The van der Waals surface area contributed by atoms with Crippen LogP contribution in [0, 0.1) is 0 Å². The Morgan fingerprint density at radius 3 is 2.88 bits per heavy atom. The second-order valence-electron chi connectivity index (χ2n) is 4.02. The molecule has 0 aromatic rings. The van der Waals surface area contributed by atoms with Gasteiger partial charge in [0.25, 0.3) is 0 Å². The summed E-state index contributed by atoms with van der Waals surface area (Å²) in [6.07, 6.45) is 6.50. The molecule has 0 aliphatic heterocycles. The van der Waals surface area contributed by atoms with Crippen molar-refractivity contribution in [2.45, 2.75) is 25.9 Å². The molecule has 0 saturated heterocycles. The van der Waals surface area contributed by atoms with Gasteiger partial charge in [-0.1, -0.05) is 24.3 Å². The van der Waals surface area contributed by atoms with Crippen molar-refractivity contribution in [1.82, 2.24) is 0 Å². The zero-order chi connectivity index (χ0) is 12.8. The molecule has 0 nitrogen and oxygen atoms in total. The van der Waals surface area contributed by atoms with Crippen LogP contribution in [0.3, 0.4) is 0 Å². The molecule has 0 aromatic carbocycles. The molecule has 92 valence electrons. The molecule has 1 atom stereocenters. The summed E-state index contributed by atoms with van der Waals surface area (Å²) in [5, 5.41) is 0. The van der Waals surface area contributed by atoms with Gasteiger partial charge in [0, 0.05) is 6.42 Å². The van der Waals surface area contributed by atoms with Crippen LogP contribution < -0.4 is 0 Å². The highest BCUT2D eigenvalue weighted by molar-refractivity contribution is 5.29. The van der Waals surface area contributed by atoms with Gasteiger partial charge in [-0.15, -0.1) is 0 Å². The second-order valence-corrected chi connectivity index (χ2v) is 4.02. The summed E-state index contributed by atoms with van der Waals surface area (Å²) in [5.41, 5.74) is 1.40. The van der Waals surface area contributed by atoms with Crippen LogP contribution in [0.4, 0.5) is 13.2 Å². The minimum absolute atomic E-state index is 0.219. The summed E-state index contributed by atoms with van der Waals surface area (Å²) in [4.78, 5) is 0. The van der Waals surface area contributed by atoms with Gasteiger partial charge in [0.2, 0.25) is 0 Å². The lowest BCUT2D eigenvalue weighted by Gasteiger charge is -2.11. The van der Waals surface area contributed by atoms with E-state index < -0.39 is 17.8 Å². The standard InChI is InChI=1S/C14H15F3/c1-10(6-11(2)15)4-3-5-12-7-13(16)9-14(17)8-12/h3-4,6-7,9,14H,2,5,8H2,1H3/b4-3-,10-6-/t14-/m1/s1. The van der Waals surface area contributed by atoms with Crippen LogP contribution in [0.2, 0.25) is 0 Å². The van der Waals surface area contributed by atoms with Crippen LogP contribution in [-0.2, 0) is 0 Å². The van der Waals surface area contributed by atoms with E-state index in [1.807, 2.05) is 0 Å². The van der Waals surface area contributed by atoms with Crippen LogP contribution in [0.1, 0.15) is 19.8 Å². The molecule has 1 rings (SSSR count). The molecule has 0 saturated carbocycles. The summed E-state index contributed by atoms with van der Waals surface area (Å²) in [6.45, 7) is 4.85. The molecule has 0 aromatic heterocycles. The highest BCUT2D eigenvalue weighted by Gasteiger charge is 2.12. The fourth-order valence-electron chi connectivity index (χ4n) is 1.62. The van der Waals surface area contributed by atoms with Gasteiger partial charge in [0.05, 0.1) is 0 Å². The maximum atomic E-state index is 13.0. The van der Waals surface area contributed by atoms with Gasteiger partial charge in [-0.05, 0) is 37.1 Å². The Kier molecular flexibility index (Phi) is 5.01. The molecule has 0 bridgehead atoms. The van der Waals surface area contributed by atoms with Gasteiger partial charge >= 0.3 is 0 Å². The molecule has 17 heavy (non-hydrogen) atoms. The third-order valence-electron chi connectivity index (χ3n) is 2.28. The van der Waals surface area contributed by atoms with Crippen molar-refractivity contribution in [3.8, 4) is 0 Å². The van der Waals surface area contributed by atoms with Crippen LogP contribution in [-0.4, -0.2) is 6.17 Å². The molecule has 0 N–H and O–H groups in total. The van der Waals surface area contributed by atoms with Gasteiger partial charge in [0.15, 0.2) is 0 Å². The van der Waals surface area contributed by atoms with E-state index in [0.717, 1.165) is 6.08 Å². The Morgan fingerprint density at radius 2 is 2.29 bits per heavy atom. The summed E-state index contributed by atoms with van der Waals surface area (Å²) in [6, 6.07) is 0. The van der Waals surface area contributed by atoms with Crippen molar-refractivity contribution in [3.05, 3.63) is 59.8 Å². The highest BCUT2D eigenvalue weighted by atomic mass is 19.1. The van der Waals surface area contributed by atoms with E-state index in [0.29, 0.717) is 17.6 Å². The predicted octanol–water partition coefficient (Wildman–Crippen LogP) is 4.88. The molecular weight excluding hydrogens is 225 g/mol. The third-order valence-corrected chi connectivity index (χ3v) is 2.28. The molecule has 0 amide bonds. The minimum Gasteiger partial charge on any atom is -0.242 e. The zero-order valence-electron chi connectivity index (χ0n) is 9.72. The molecular formula is C14H15F3. The van der Waals surface area contributed by atoms with Crippen LogP contribution >= 0.6 is 0 Å². The first-order valence-corrected chi connectivity index (χ1v) is 5.37. The van der Waals surface area contributed by atoms with Crippen LogP contribution in [0.25, 0.3) is 0 Å². The molecule has 0 radical (unpaired) electrons. The van der Waals surface area contributed by atoms with E-state index in [-0.39, 0.29) is 6.42 Å². The van der Waals surface area contributed by atoms with Gasteiger partial charge in [-0.3, -0.25) is 0 Å². The van der Waals surface area contributed by atoms with Crippen molar-refractivity contribution in [2.75, 3.05) is 0 Å². The van der Waals surface area contributed by atoms with Crippen LogP contribution in [0.15, 0.2) is 59.8 Å². The normalized spacial score (nSPS) is 21.4. The van der Waals surface area contributed by atoms with Crippen LogP contribution in [0.5, 0.6) is 0 Å². The van der Waals surface area contributed by atoms with Crippen molar-refractivity contribution < 1.29 is 13.2 Å². The summed E-state index contributed by atoms with van der Waals surface area (Å²) in [7, 11) is 0. The zero-order valence-corrected chi connectivity index (χ0v) is 9.72. The number of hydrogen-bond donors (Lipinski definition) is 0. The monoisotopic (exact) mass is 240 g/mol. The fraction of sp³-hybridized carbons (Fsp3) is 0.286. The second kappa shape index (κ2) is 6.28. The van der Waals surface area contributed by atoms with E-state index >= 15 is 0 Å². The van der Waals surface area contributed by atoms with Crippen molar-refractivity contribution >= 4 is 0 Å². The van der Waals surface area contributed by atoms with Gasteiger partial charge in [-0.25, -0.2) is 13.2 Å². The fourth-order valence-corrected chi connectivity index (χ4v) is 1.62. The number of hydrogen-bond acceptors (Lipinski definition) is 0. The highest BCUT2D eigenvalue weighted by Crippen LogP contribution is 2.23. The quantitative estimate of drug-likeness (QED) is 0.614. The first kappa shape index (κ1) is 13.6. The van der Waals surface area contributed by atoms with Crippen molar-refractivity contribution in [2.24, 2.45) is 0 Å².